The SMILES string of the molecule is OOO[O+](OO)OO. The van der Waals surface area contributed by atoms with Gasteiger partial charge >= 0.3 is 0 Å². The highest BCUT2D eigenvalue weighted by Gasteiger charge is 2.19. The molecule has 0 aliphatic carbocycles. The smallest absolute Gasteiger partial charge is 0.215 e. The van der Waals surface area contributed by atoms with E-state index in [1.54, 1.807) is 0 Å². The molecule has 0 atom stereocenters. The fourth-order valence-corrected chi connectivity index (χ4v) is 0.0633. The first-order chi connectivity index (χ1) is 3.85. The molecule has 0 saturated heterocycles. The summed E-state index contributed by atoms with van der Waals surface area (Å²) in [7, 11) is 0. The Labute approximate surface area is 42.1 Å². The zero-order valence-corrected chi connectivity index (χ0v) is 3.38. The number of hydrogen-bond acceptors (Lipinski definition) is 7. The molecule has 3 N–H and O–H groups in total. The average Bonchev–Trinajstić information content (AvgIpc) is 1.83. The minimum Gasteiger partial charge on any atom is -0.215 e. The third-order valence-electron chi connectivity index (χ3n) is 0.208. The van der Waals surface area contributed by atoms with Crippen molar-refractivity contribution in [3.05, 3.63) is 0 Å². The van der Waals surface area contributed by atoms with E-state index in [0.29, 0.717) is 0 Å². The van der Waals surface area contributed by atoms with Crippen LogP contribution in [0.3, 0.4) is 0 Å². The number of rotatable bonds is 4. The molecule has 0 rings (SSSR count). The summed E-state index contributed by atoms with van der Waals surface area (Å²) in [6.07, 6.45) is 0. The van der Waals surface area contributed by atoms with Gasteiger partial charge in [-0.2, -0.15) is 10.5 Å². The normalized spacial score (nSPS) is 10.5. The lowest BCUT2D eigenvalue weighted by atomic mass is 14.0. The Morgan fingerprint density at radius 2 is 1.50 bits per heavy atom. The van der Waals surface area contributed by atoms with Crippen LogP contribution in [0.2, 0.25) is 0 Å². The molecule has 0 aliphatic rings. The Morgan fingerprint density at radius 3 is 1.62 bits per heavy atom. The highest BCUT2D eigenvalue weighted by atomic mass is 18.0. The summed E-state index contributed by atoms with van der Waals surface area (Å²) in [6, 6.07) is 0. The van der Waals surface area contributed by atoms with Gasteiger partial charge in [0.1, 0.15) is 0 Å². The number of hydrogen-bond donors (Lipinski definition) is 3. The summed E-state index contributed by atoms with van der Waals surface area (Å²) in [5, 5.41) is 34.0. The second-order valence-corrected chi connectivity index (χ2v) is 0.496. The fraction of sp³-hybridized carbons (Fsp3) is 0. The van der Waals surface area contributed by atoms with E-state index in [0.717, 1.165) is 0 Å². The first-order valence-corrected chi connectivity index (χ1v) is 1.21. The van der Waals surface area contributed by atoms with Crippen molar-refractivity contribution in [2.45, 2.75) is 0 Å². The molecular formula is H3O8+. The maximum absolute atomic E-state index is 7.44. The molecule has 0 radical (unpaired) electrons. The summed E-state index contributed by atoms with van der Waals surface area (Å²) in [5.41, 5.74) is 0. The van der Waals surface area contributed by atoms with Crippen molar-refractivity contribution in [3.8, 4) is 0 Å². The van der Waals surface area contributed by atoms with Crippen molar-refractivity contribution in [3.63, 3.8) is 0 Å². The first kappa shape index (κ1) is 7.68. The van der Waals surface area contributed by atoms with Crippen molar-refractivity contribution in [1.82, 2.24) is 0 Å². The zero-order chi connectivity index (χ0) is 6.41. The van der Waals surface area contributed by atoms with Crippen LogP contribution in [0.15, 0.2) is 0 Å². The van der Waals surface area contributed by atoms with Crippen molar-refractivity contribution >= 4 is 0 Å². The van der Waals surface area contributed by atoms with Gasteiger partial charge in [-0.3, -0.25) is 0 Å². The van der Waals surface area contributed by atoms with E-state index in [1.807, 2.05) is 0 Å². The molecule has 0 amide bonds. The van der Waals surface area contributed by atoms with Crippen LogP contribution >= 0.6 is 0 Å². The molecule has 0 aliphatic heterocycles. The van der Waals surface area contributed by atoms with E-state index in [2.05, 4.69) is 20.2 Å². The highest BCUT2D eigenvalue weighted by molar-refractivity contribution is 3.10. The van der Waals surface area contributed by atoms with Gasteiger partial charge in [-0.15, -0.1) is 0 Å². The molecule has 50 valence electrons. The van der Waals surface area contributed by atoms with Crippen molar-refractivity contribution in [2.24, 2.45) is 0 Å². The van der Waals surface area contributed by atoms with Gasteiger partial charge in [0, 0.05) is 5.04 Å². The molecule has 0 bridgehead atoms. The van der Waals surface area contributed by atoms with E-state index < -0.39 is 0 Å². The van der Waals surface area contributed by atoms with Gasteiger partial charge in [0.15, 0.2) is 10.1 Å². The van der Waals surface area contributed by atoms with Gasteiger partial charge in [-0.05, 0) is 0 Å². The molecular weight excluding hydrogens is 128 g/mol. The van der Waals surface area contributed by atoms with E-state index in [9.17, 15) is 0 Å². The molecule has 0 spiro atoms. The van der Waals surface area contributed by atoms with Gasteiger partial charge in [-0.1, -0.05) is 0 Å². The van der Waals surface area contributed by atoms with E-state index in [-0.39, 0.29) is 4.82 Å². The minimum atomic E-state index is 0.285. The molecule has 0 fully saturated rings. The van der Waals surface area contributed by atoms with E-state index in [1.165, 1.54) is 0 Å². The van der Waals surface area contributed by atoms with Crippen LogP contribution in [-0.2, 0) is 25.0 Å². The van der Waals surface area contributed by atoms with Gasteiger partial charge in [-0.25, -0.2) is 5.26 Å². The van der Waals surface area contributed by atoms with Crippen molar-refractivity contribution in [1.29, 1.82) is 0 Å². The molecule has 0 unspecified atom stereocenters. The van der Waals surface area contributed by atoms with Crippen LogP contribution in [0.1, 0.15) is 0 Å². The maximum atomic E-state index is 7.44. The van der Waals surface area contributed by atoms with Crippen molar-refractivity contribution < 1.29 is 40.7 Å². The summed E-state index contributed by atoms with van der Waals surface area (Å²) in [5.74, 6) is 0. The van der Waals surface area contributed by atoms with Crippen LogP contribution in [-0.4, -0.2) is 15.8 Å². The predicted octanol–water partition coefficient (Wildman–Crippen LogP) is -0.316. The Hall–Kier alpha value is -0.320. The summed E-state index contributed by atoms with van der Waals surface area (Å²) < 4.78 is 0. The van der Waals surface area contributed by atoms with Crippen LogP contribution in [0.25, 0.3) is 0 Å². The third-order valence-corrected chi connectivity index (χ3v) is 0.208. The summed E-state index contributed by atoms with van der Waals surface area (Å²) >= 11 is 0. The lowest BCUT2D eigenvalue weighted by Gasteiger charge is -1.89. The molecule has 0 saturated carbocycles. The highest BCUT2D eigenvalue weighted by Crippen LogP contribution is 1.95. The zero-order valence-electron chi connectivity index (χ0n) is 3.38. The van der Waals surface area contributed by atoms with Gasteiger partial charge < -0.3 is 0 Å². The monoisotopic (exact) mass is 131 g/mol. The summed E-state index contributed by atoms with van der Waals surface area (Å²) in [6.45, 7) is 0. The Bertz CT molecular complexity index is 35.3. The molecule has 8 heavy (non-hydrogen) atoms. The lowest BCUT2D eigenvalue weighted by molar-refractivity contribution is -0.969. The van der Waals surface area contributed by atoms with Gasteiger partial charge in [0.05, 0.1) is 0 Å². The molecule has 0 aromatic heterocycles. The van der Waals surface area contributed by atoms with E-state index in [4.69, 9.17) is 15.8 Å². The van der Waals surface area contributed by atoms with Crippen LogP contribution in [0.4, 0.5) is 0 Å². The van der Waals surface area contributed by atoms with Gasteiger partial charge in [0.2, 0.25) is 9.86 Å². The molecule has 8 nitrogen and oxygen atoms in total. The minimum absolute atomic E-state index is 0.285. The Kier molecular flexibility index (Phi) is 4.64. The largest absolute Gasteiger partial charge is 0.232 e. The third kappa shape index (κ3) is 2.79. The molecule has 0 aromatic rings. The van der Waals surface area contributed by atoms with Crippen LogP contribution < -0.4 is 0 Å². The lowest BCUT2D eigenvalue weighted by Crippen LogP contribution is -2.12. The van der Waals surface area contributed by atoms with Crippen LogP contribution in [0, 0.1) is 0 Å². The quantitative estimate of drug-likeness (QED) is 0.273. The first-order valence-electron chi connectivity index (χ1n) is 1.21. The van der Waals surface area contributed by atoms with Crippen LogP contribution in [0.5, 0.6) is 0 Å². The average molecular weight is 131 g/mol. The Morgan fingerprint density at radius 1 is 1.00 bits per heavy atom. The van der Waals surface area contributed by atoms with Gasteiger partial charge in [0.25, 0.3) is 0 Å². The van der Waals surface area contributed by atoms with Crippen molar-refractivity contribution in [2.75, 3.05) is 0 Å². The molecule has 8 heteroatoms. The second-order valence-electron chi connectivity index (χ2n) is 0.496. The second kappa shape index (κ2) is 4.83. The predicted molar refractivity (Wildman–Crippen MR) is 13.3 cm³/mol. The fourth-order valence-electron chi connectivity index (χ4n) is 0.0633. The maximum Gasteiger partial charge on any atom is 0.232 e. The topological polar surface area (TPSA) is 100 Å². The van der Waals surface area contributed by atoms with E-state index >= 15 is 0 Å². The molecule has 0 heterocycles. The standard InChI is InChI=1S/H2O8/c1-4-7-8(5-2)6-3/h(H2-,1,2,3)/p+1. The summed E-state index contributed by atoms with van der Waals surface area (Å²) in [4.78, 5) is 0.285. The molecule has 0 aromatic carbocycles. The Balaban J connectivity index is 3.07.